The van der Waals surface area contributed by atoms with E-state index in [0.29, 0.717) is 40.3 Å². The molecule has 4 aromatic rings. The predicted molar refractivity (Wildman–Crippen MR) is 144 cm³/mol. The number of hydrogen-bond donors (Lipinski definition) is 2. The van der Waals surface area contributed by atoms with E-state index in [4.69, 9.17) is 25.5 Å². The molecule has 0 aliphatic heterocycles. The maximum Gasteiger partial charge on any atom is 0.293 e. The summed E-state index contributed by atoms with van der Waals surface area (Å²) in [5.74, 6) is 0.190. The number of carbonyl (C=O) groups is 2. The van der Waals surface area contributed by atoms with Crippen LogP contribution in [0.4, 0.5) is 5.13 Å². The first kappa shape index (κ1) is 26.8. The van der Waals surface area contributed by atoms with Crippen LogP contribution in [-0.4, -0.2) is 34.8 Å². The van der Waals surface area contributed by atoms with E-state index in [1.807, 2.05) is 38.1 Å². The molecule has 2 aromatic heterocycles. The van der Waals surface area contributed by atoms with E-state index < -0.39 is 11.8 Å². The van der Waals surface area contributed by atoms with Crippen LogP contribution in [0, 0.1) is 6.92 Å². The lowest BCUT2D eigenvalue weighted by molar-refractivity contribution is -0.120. The van der Waals surface area contributed by atoms with Gasteiger partial charge in [-0.3, -0.25) is 14.9 Å². The van der Waals surface area contributed by atoms with E-state index in [9.17, 15) is 9.59 Å². The van der Waals surface area contributed by atoms with Crippen LogP contribution in [0.25, 0.3) is 0 Å². The first-order chi connectivity index (χ1) is 18.4. The monoisotopic (exact) mass is 553 g/mol. The van der Waals surface area contributed by atoms with E-state index in [-0.39, 0.29) is 17.3 Å². The minimum absolute atomic E-state index is 0.0672. The molecule has 196 valence electrons. The number of halogens is 1. The van der Waals surface area contributed by atoms with Crippen molar-refractivity contribution in [2.75, 3.05) is 11.9 Å². The SMILES string of the molecule is CCOc1cc(/C=N\NC(=O)Cc2nnc(NC(=O)c3ccco3)s2)cc(Cl)c1OCc1ccccc1C. The van der Waals surface area contributed by atoms with Crippen molar-refractivity contribution >= 4 is 46.1 Å². The number of aromatic nitrogens is 2. The van der Waals surface area contributed by atoms with Gasteiger partial charge in [0.1, 0.15) is 11.6 Å². The summed E-state index contributed by atoms with van der Waals surface area (Å²) in [5.41, 5.74) is 5.21. The van der Waals surface area contributed by atoms with E-state index in [2.05, 4.69) is 26.0 Å². The fourth-order valence-corrected chi connectivity index (χ4v) is 4.29. The number of hydrogen-bond acceptors (Lipinski definition) is 9. The fourth-order valence-electron chi connectivity index (χ4n) is 3.29. The molecule has 38 heavy (non-hydrogen) atoms. The van der Waals surface area contributed by atoms with E-state index >= 15 is 0 Å². The number of ether oxygens (including phenoxy) is 2. The molecule has 0 bridgehead atoms. The van der Waals surface area contributed by atoms with Crippen molar-refractivity contribution in [2.45, 2.75) is 26.9 Å². The van der Waals surface area contributed by atoms with Crippen molar-refractivity contribution < 1.29 is 23.5 Å². The Labute approximate surface area is 227 Å². The Hall–Kier alpha value is -4.22. The first-order valence-electron chi connectivity index (χ1n) is 11.6. The maximum absolute atomic E-state index is 12.3. The largest absolute Gasteiger partial charge is 0.490 e. The van der Waals surface area contributed by atoms with Crippen LogP contribution in [-0.2, 0) is 17.8 Å². The third-order valence-electron chi connectivity index (χ3n) is 5.11. The zero-order valence-electron chi connectivity index (χ0n) is 20.6. The minimum Gasteiger partial charge on any atom is -0.490 e. The predicted octanol–water partition coefficient (Wildman–Crippen LogP) is 5.02. The van der Waals surface area contributed by atoms with Crippen molar-refractivity contribution in [3.63, 3.8) is 0 Å². The standard InChI is InChI=1S/C26H24ClN5O5S/c1-3-35-21-12-17(11-19(27)24(21)37-15-18-8-5-4-7-16(18)2)14-28-30-22(33)13-23-31-32-26(38-23)29-25(34)20-9-6-10-36-20/h4-12,14H,3,13,15H2,1-2H3,(H,30,33)(H,29,32,34)/b28-14-. The summed E-state index contributed by atoms with van der Waals surface area (Å²) in [6.45, 7) is 4.64. The lowest BCUT2D eigenvalue weighted by atomic mass is 10.1. The summed E-state index contributed by atoms with van der Waals surface area (Å²) in [7, 11) is 0. The Bertz CT molecular complexity index is 1440. The van der Waals surface area contributed by atoms with Gasteiger partial charge in [-0.25, -0.2) is 5.43 Å². The highest BCUT2D eigenvalue weighted by Gasteiger charge is 2.15. The van der Waals surface area contributed by atoms with Gasteiger partial charge >= 0.3 is 0 Å². The quantitative estimate of drug-likeness (QED) is 0.197. The van der Waals surface area contributed by atoms with Crippen LogP contribution in [0.15, 0.2) is 64.3 Å². The number of aryl methyl sites for hydroxylation is 1. The van der Waals surface area contributed by atoms with Gasteiger partial charge in [0.25, 0.3) is 5.91 Å². The zero-order valence-corrected chi connectivity index (χ0v) is 22.1. The Morgan fingerprint density at radius 2 is 2.00 bits per heavy atom. The van der Waals surface area contributed by atoms with Gasteiger partial charge in [-0.2, -0.15) is 5.10 Å². The van der Waals surface area contributed by atoms with Gasteiger partial charge in [0, 0.05) is 0 Å². The number of hydrazone groups is 1. The first-order valence-corrected chi connectivity index (χ1v) is 12.7. The zero-order chi connectivity index (χ0) is 26.9. The van der Waals surface area contributed by atoms with Crippen molar-refractivity contribution in [3.8, 4) is 11.5 Å². The van der Waals surface area contributed by atoms with Crippen LogP contribution in [0.1, 0.15) is 39.2 Å². The number of carbonyl (C=O) groups excluding carboxylic acids is 2. The molecule has 0 aliphatic carbocycles. The van der Waals surface area contributed by atoms with Crippen LogP contribution >= 0.6 is 22.9 Å². The van der Waals surface area contributed by atoms with Crippen molar-refractivity contribution in [1.29, 1.82) is 0 Å². The average Bonchev–Trinajstić information content (AvgIpc) is 3.57. The Morgan fingerprint density at radius 1 is 1.16 bits per heavy atom. The molecule has 2 N–H and O–H groups in total. The number of benzene rings is 2. The molecule has 2 heterocycles. The number of nitrogens with zero attached hydrogens (tertiary/aromatic N) is 3. The summed E-state index contributed by atoms with van der Waals surface area (Å²) in [6.07, 6.45) is 2.78. The molecule has 0 aliphatic rings. The molecule has 0 radical (unpaired) electrons. The number of furan rings is 1. The molecular formula is C26H24ClN5O5S. The van der Waals surface area contributed by atoms with E-state index in [0.717, 1.165) is 22.5 Å². The summed E-state index contributed by atoms with van der Waals surface area (Å²) >= 11 is 7.57. The summed E-state index contributed by atoms with van der Waals surface area (Å²) in [6, 6.07) is 14.5. The molecule has 10 nitrogen and oxygen atoms in total. The average molecular weight is 554 g/mol. The van der Waals surface area contributed by atoms with Gasteiger partial charge in [-0.1, -0.05) is 47.2 Å². The third kappa shape index (κ3) is 7.17. The van der Waals surface area contributed by atoms with Gasteiger partial charge in [-0.05, 0) is 54.8 Å². The highest BCUT2D eigenvalue weighted by Crippen LogP contribution is 2.37. The van der Waals surface area contributed by atoms with Crippen LogP contribution in [0.2, 0.25) is 5.02 Å². The lowest BCUT2D eigenvalue weighted by Crippen LogP contribution is -2.19. The molecule has 0 spiro atoms. The number of nitrogens with one attached hydrogen (secondary N) is 2. The number of rotatable bonds is 11. The second-order valence-electron chi connectivity index (χ2n) is 7.88. The van der Waals surface area contributed by atoms with Crippen molar-refractivity contribution in [2.24, 2.45) is 5.10 Å². The van der Waals surface area contributed by atoms with Crippen molar-refractivity contribution in [1.82, 2.24) is 15.6 Å². The summed E-state index contributed by atoms with van der Waals surface area (Å²) < 4.78 is 16.7. The molecule has 2 aromatic carbocycles. The number of anilines is 1. The molecule has 0 fully saturated rings. The van der Waals surface area contributed by atoms with Gasteiger partial charge in [0.05, 0.1) is 30.5 Å². The van der Waals surface area contributed by atoms with Crippen LogP contribution in [0.5, 0.6) is 11.5 Å². The third-order valence-corrected chi connectivity index (χ3v) is 6.23. The van der Waals surface area contributed by atoms with E-state index in [1.165, 1.54) is 18.5 Å². The second-order valence-corrected chi connectivity index (χ2v) is 9.35. The Balaban J connectivity index is 1.34. The lowest BCUT2D eigenvalue weighted by Gasteiger charge is -2.15. The second kappa shape index (κ2) is 12.8. The summed E-state index contributed by atoms with van der Waals surface area (Å²) in [4.78, 5) is 24.3. The fraction of sp³-hybridized carbons (Fsp3) is 0.192. The molecule has 12 heteroatoms. The molecule has 4 rings (SSSR count). The van der Waals surface area contributed by atoms with Crippen LogP contribution in [0.3, 0.4) is 0 Å². The molecule has 0 saturated heterocycles. The molecule has 0 atom stereocenters. The van der Waals surface area contributed by atoms with Crippen molar-refractivity contribution in [3.05, 3.63) is 87.3 Å². The highest BCUT2D eigenvalue weighted by molar-refractivity contribution is 7.15. The van der Waals surface area contributed by atoms with Gasteiger partial charge in [0.15, 0.2) is 17.3 Å². The summed E-state index contributed by atoms with van der Waals surface area (Å²) in [5, 5.41) is 15.4. The van der Waals surface area contributed by atoms with Gasteiger partial charge in [0.2, 0.25) is 11.0 Å². The van der Waals surface area contributed by atoms with E-state index in [1.54, 1.807) is 18.2 Å². The molecule has 2 amide bonds. The molecule has 0 saturated carbocycles. The molecular weight excluding hydrogens is 530 g/mol. The minimum atomic E-state index is -0.455. The van der Waals surface area contributed by atoms with Gasteiger partial charge < -0.3 is 13.9 Å². The maximum atomic E-state index is 12.3. The topological polar surface area (TPSA) is 128 Å². The number of amides is 2. The smallest absolute Gasteiger partial charge is 0.293 e. The highest BCUT2D eigenvalue weighted by atomic mass is 35.5. The normalized spacial score (nSPS) is 10.9. The van der Waals surface area contributed by atoms with Crippen LogP contribution < -0.4 is 20.2 Å². The Morgan fingerprint density at radius 3 is 2.76 bits per heavy atom. The van der Waals surface area contributed by atoms with Gasteiger partial charge in [-0.15, -0.1) is 10.2 Å². The molecule has 0 unspecified atom stereocenters. The Kier molecular flexibility index (Phi) is 9.07.